The first-order valence-electron chi connectivity index (χ1n) is 13.3. The Bertz CT molecular complexity index is 1300. The Balaban J connectivity index is 1.41. The van der Waals surface area contributed by atoms with E-state index in [2.05, 4.69) is 10.6 Å². The van der Waals surface area contributed by atoms with E-state index < -0.39 is 42.1 Å². The molecule has 2 saturated heterocycles. The van der Waals surface area contributed by atoms with Crippen LogP contribution in [0.1, 0.15) is 11.1 Å². The predicted octanol–water partition coefficient (Wildman–Crippen LogP) is 0.352. The lowest BCUT2D eigenvalue weighted by Gasteiger charge is -2.37. The number of carboxylic acids is 1. The van der Waals surface area contributed by atoms with E-state index in [1.807, 2.05) is 25.1 Å². The molecule has 41 heavy (non-hydrogen) atoms. The molecule has 13 nitrogen and oxygen atoms in total. The number of nitrogens with one attached hydrogen (secondary N) is 2. The molecule has 0 spiro atoms. The molecular formula is C28H35N5O8. The van der Waals surface area contributed by atoms with Crippen LogP contribution >= 0.6 is 0 Å². The van der Waals surface area contributed by atoms with Crippen LogP contribution in [0.3, 0.4) is 0 Å². The van der Waals surface area contributed by atoms with Crippen LogP contribution in [0.15, 0.2) is 42.5 Å². The van der Waals surface area contributed by atoms with Crippen molar-refractivity contribution in [1.82, 2.24) is 14.7 Å². The second-order valence-corrected chi connectivity index (χ2v) is 10.1. The van der Waals surface area contributed by atoms with Gasteiger partial charge in [0.1, 0.15) is 17.9 Å². The number of rotatable bonds is 8. The standard InChI is InChI=1S/C28H35N5O8/c1-17-5-3-4-6-19(17)29-28(40)30-20-8-7-18(13-22(20)41-2)14-23(35)33-15-21(34)26(38)25(33)27(39)32-11-9-31(10-12-32)16-24(36)37/h3-8,13,21,25-26,34,38H,9-12,14-16H2,1-2H3,(H,36,37)(H2,29,30,40)/t21?,25?,26-/m1/s1. The van der Waals surface area contributed by atoms with E-state index in [4.69, 9.17) is 9.84 Å². The van der Waals surface area contributed by atoms with Crippen molar-refractivity contribution < 1.29 is 39.2 Å². The summed E-state index contributed by atoms with van der Waals surface area (Å²) in [6.07, 6.45) is -2.87. The van der Waals surface area contributed by atoms with Crippen molar-refractivity contribution in [3.05, 3.63) is 53.6 Å². The van der Waals surface area contributed by atoms with Crippen LogP contribution in [0.25, 0.3) is 0 Å². The zero-order valence-electron chi connectivity index (χ0n) is 22.9. The molecule has 4 amide bonds. The lowest BCUT2D eigenvalue weighted by molar-refractivity contribution is -0.148. The van der Waals surface area contributed by atoms with Crippen LogP contribution in [0, 0.1) is 6.92 Å². The predicted molar refractivity (Wildman–Crippen MR) is 149 cm³/mol. The molecule has 220 valence electrons. The van der Waals surface area contributed by atoms with Gasteiger partial charge >= 0.3 is 12.0 Å². The van der Waals surface area contributed by atoms with Crippen LogP contribution in [0.4, 0.5) is 16.2 Å². The molecular weight excluding hydrogens is 534 g/mol. The summed E-state index contributed by atoms with van der Waals surface area (Å²) in [6.45, 7) is 2.73. The van der Waals surface area contributed by atoms with E-state index in [9.17, 15) is 29.4 Å². The number of hydrogen-bond donors (Lipinski definition) is 5. The number of para-hydroxylation sites is 1. The van der Waals surface area contributed by atoms with Crippen molar-refractivity contribution in [3.63, 3.8) is 0 Å². The molecule has 2 aliphatic heterocycles. The van der Waals surface area contributed by atoms with Gasteiger partial charge in [0, 0.05) is 31.9 Å². The molecule has 2 aliphatic rings. The Hall–Kier alpha value is -4.20. The van der Waals surface area contributed by atoms with Gasteiger partial charge in [0.05, 0.1) is 38.4 Å². The number of methoxy groups -OCH3 is 1. The third-order valence-electron chi connectivity index (χ3n) is 7.32. The first-order valence-corrected chi connectivity index (χ1v) is 13.3. The van der Waals surface area contributed by atoms with Gasteiger partial charge in [0.2, 0.25) is 11.8 Å². The lowest BCUT2D eigenvalue weighted by atomic mass is 10.1. The number of carboxylic acid groups (broad SMARTS) is 1. The van der Waals surface area contributed by atoms with E-state index in [1.165, 1.54) is 16.9 Å². The topological polar surface area (TPSA) is 172 Å². The van der Waals surface area contributed by atoms with Gasteiger partial charge in [-0.1, -0.05) is 24.3 Å². The summed E-state index contributed by atoms with van der Waals surface area (Å²) in [6, 6.07) is 10.5. The minimum absolute atomic E-state index is 0.132. The molecule has 0 aliphatic carbocycles. The minimum atomic E-state index is -1.45. The highest BCUT2D eigenvalue weighted by Crippen LogP contribution is 2.28. The lowest BCUT2D eigenvalue weighted by Crippen LogP contribution is -2.57. The largest absolute Gasteiger partial charge is 0.495 e. The zero-order valence-corrected chi connectivity index (χ0v) is 22.9. The third kappa shape index (κ3) is 7.12. The molecule has 2 fully saturated rings. The molecule has 5 N–H and O–H groups in total. The number of urea groups is 1. The second kappa shape index (κ2) is 13.0. The zero-order chi connectivity index (χ0) is 29.7. The minimum Gasteiger partial charge on any atom is -0.495 e. The quantitative estimate of drug-likeness (QED) is 0.301. The normalized spacial score (nSPS) is 20.9. The summed E-state index contributed by atoms with van der Waals surface area (Å²) in [5.41, 5.74) is 2.49. The molecule has 13 heteroatoms. The van der Waals surface area contributed by atoms with Crippen molar-refractivity contribution in [2.24, 2.45) is 0 Å². The Morgan fingerprint density at radius 2 is 1.66 bits per heavy atom. The fraction of sp³-hybridized carbons (Fsp3) is 0.429. The average molecular weight is 570 g/mol. The summed E-state index contributed by atoms with van der Waals surface area (Å²) in [7, 11) is 1.43. The number of aryl methyl sites for hydroxylation is 1. The van der Waals surface area contributed by atoms with Gasteiger partial charge in [-0.05, 0) is 36.2 Å². The van der Waals surface area contributed by atoms with Crippen LogP contribution in [-0.4, -0.2) is 118 Å². The summed E-state index contributed by atoms with van der Waals surface area (Å²) in [5, 5.41) is 35.4. The number of benzene rings is 2. The highest BCUT2D eigenvalue weighted by Gasteiger charge is 2.48. The Kier molecular flexibility index (Phi) is 9.42. The number of carbonyl (C=O) groups excluding carboxylic acids is 3. The molecule has 0 saturated carbocycles. The third-order valence-corrected chi connectivity index (χ3v) is 7.32. The molecule has 3 atom stereocenters. The summed E-state index contributed by atoms with van der Waals surface area (Å²) in [4.78, 5) is 54.5. The fourth-order valence-electron chi connectivity index (χ4n) is 5.07. The number of amides is 4. The molecule has 2 aromatic rings. The number of nitrogens with zero attached hydrogens (tertiary/aromatic N) is 3. The molecule has 0 aromatic heterocycles. The number of carbonyl (C=O) groups is 4. The highest BCUT2D eigenvalue weighted by atomic mass is 16.5. The van der Waals surface area contributed by atoms with E-state index in [-0.39, 0.29) is 32.6 Å². The molecule has 0 bridgehead atoms. The van der Waals surface area contributed by atoms with Gasteiger partial charge in [-0.25, -0.2) is 4.79 Å². The second-order valence-electron chi connectivity index (χ2n) is 10.1. The van der Waals surface area contributed by atoms with Gasteiger partial charge < -0.3 is 40.5 Å². The number of ether oxygens (including phenoxy) is 1. The number of aliphatic hydroxyl groups is 2. The van der Waals surface area contributed by atoms with Crippen LogP contribution in [0.5, 0.6) is 5.75 Å². The molecule has 4 rings (SSSR count). The monoisotopic (exact) mass is 569 g/mol. The maximum Gasteiger partial charge on any atom is 0.323 e. The number of piperazine rings is 1. The average Bonchev–Trinajstić information content (AvgIpc) is 3.24. The summed E-state index contributed by atoms with van der Waals surface area (Å²) < 4.78 is 5.42. The Labute approximate surface area is 237 Å². The van der Waals surface area contributed by atoms with Crippen molar-refractivity contribution in [2.75, 3.05) is 57.0 Å². The van der Waals surface area contributed by atoms with Crippen molar-refractivity contribution in [3.8, 4) is 5.75 Å². The number of hydrogen-bond acceptors (Lipinski definition) is 8. The smallest absolute Gasteiger partial charge is 0.323 e. The van der Waals surface area contributed by atoms with Crippen LogP contribution in [0.2, 0.25) is 0 Å². The fourth-order valence-corrected chi connectivity index (χ4v) is 5.07. The van der Waals surface area contributed by atoms with Crippen molar-refractivity contribution in [2.45, 2.75) is 31.6 Å². The van der Waals surface area contributed by atoms with Crippen molar-refractivity contribution in [1.29, 1.82) is 0 Å². The SMILES string of the molecule is COc1cc(CC(=O)N2CC(O)[C@@H](O)C2C(=O)N2CCN(CC(=O)O)CC2)ccc1NC(=O)Nc1ccccc1C. The van der Waals surface area contributed by atoms with Crippen molar-refractivity contribution >= 4 is 35.2 Å². The molecule has 2 aromatic carbocycles. The van der Waals surface area contributed by atoms with E-state index in [1.54, 1.807) is 29.2 Å². The number of β-amino-alcohol motifs (C(OH)–C–C–N with tert-alkyl or cyclic N) is 1. The van der Waals surface area contributed by atoms with Gasteiger partial charge in [-0.15, -0.1) is 0 Å². The molecule has 2 heterocycles. The molecule has 2 unspecified atom stereocenters. The maximum atomic E-state index is 13.3. The molecule has 0 radical (unpaired) electrons. The number of anilines is 2. The Morgan fingerprint density at radius 3 is 2.32 bits per heavy atom. The van der Waals surface area contributed by atoms with Gasteiger partial charge in [0.25, 0.3) is 0 Å². The van der Waals surface area contributed by atoms with Crippen LogP contribution in [-0.2, 0) is 20.8 Å². The van der Waals surface area contributed by atoms with Gasteiger partial charge in [-0.3, -0.25) is 19.3 Å². The van der Waals surface area contributed by atoms with E-state index in [0.29, 0.717) is 35.8 Å². The number of aliphatic carboxylic acids is 1. The summed E-state index contributed by atoms with van der Waals surface area (Å²) >= 11 is 0. The van der Waals surface area contributed by atoms with Gasteiger partial charge in [-0.2, -0.15) is 0 Å². The first kappa shape index (κ1) is 29.8. The maximum absolute atomic E-state index is 13.3. The van der Waals surface area contributed by atoms with Crippen LogP contribution < -0.4 is 15.4 Å². The summed E-state index contributed by atoms with van der Waals surface area (Å²) in [5.74, 6) is -1.59. The van der Waals surface area contributed by atoms with E-state index >= 15 is 0 Å². The number of aliphatic hydroxyl groups excluding tert-OH is 2. The number of likely N-dealkylation sites (tertiary alicyclic amines) is 1. The first-order chi connectivity index (χ1) is 19.6. The Morgan fingerprint density at radius 1 is 0.976 bits per heavy atom. The van der Waals surface area contributed by atoms with E-state index in [0.717, 1.165) is 5.56 Å². The highest BCUT2D eigenvalue weighted by molar-refractivity contribution is 6.01. The van der Waals surface area contributed by atoms with Gasteiger partial charge in [0.15, 0.2) is 0 Å².